The van der Waals surface area contributed by atoms with Gasteiger partial charge in [0.05, 0.1) is 22.9 Å². The van der Waals surface area contributed by atoms with Gasteiger partial charge in [-0.2, -0.15) is 0 Å². The minimum absolute atomic E-state index is 0.0147. The molecule has 32 heavy (non-hydrogen) atoms. The molecule has 9 nitrogen and oxygen atoms in total. The highest BCUT2D eigenvalue weighted by molar-refractivity contribution is 5.71. The van der Waals surface area contributed by atoms with Crippen molar-refractivity contribution in [2.45, 2.75) is 26.7 Å². The van der Waals surface area contributed by atoms with Crippen LogP contribution in [0.4, 0.5) is 17.3 Å². The molecular weight excluding hydrogens is 412 g/mol. The van der Waals surface area contributed by atoms with Crippen LogP contribution in [0.25, 0.3) is 11.3 Å². The number of unbranched alkanes of at least 4 members (excludes halogenated alkanes) is 1. The van der Waals surface area contributed by atoms with E-state index in [1.807, 2.05) is 26.0 Å². The molecule has 1 heterocycles. The van der Waals surface area contributed by atoms with Crippen LogP contribution < -0.4 is 10.1 Å². The first-order chi connectivity index (χ1) is 15.5. The van der Waals surface area contributed by atoms with E-state index in [2.05, 4.69) is 15.3 Å². The zero-order valence-corrected chi connectivity index (χ0v) is 17.9. The van der Waals surface area contributed by atoms with E-state index >= 15 is 0 Å². The molecule has 3 aromatic rings. The van der Waals surface area contributed by atoms with Crippen molar-refractivity contribution in [3.63, 3.8) is 0 Å². The second-order valence-corrected chi connectivity index (χ2v) is 7.03. The van der Waals surface area contributed by atoms with Gasteiger partial charge in [0.2, 0.25) is 5.95 Å². The predicted molar refractivity (Wildman–Crippen MR) is 120 cm³/mol. The van der Waals surface area contributed by atoms with Crippen molar-refractivity contribution in [3.8, 4) is 17.0 Å². The van der Waals surface area contributed by atoms with E-state index in [1.54, 1.807) is 30.5 Å². The standard InChI is InChI=1S/C23H24N4O5/c1-3-4-13-31-22(28)15-32-19-9-6-17(7-10-19)20-11-12-24-23(25-20)26-21-14-18(27(29)30)8-5-16(21)2/h5-12,14H,3-4,13,15H2,1-2H3,(H,24,25,26). The second-order valence-electron chi connectivity index (χ2n) is 7.03. The SMILES string of the molecule is CCCCOC(=O)COc1ccc(-c2ccnc(Nc3cc([N+](=O)[O-])ccc3C)n2)cc1. The molecule has 166 valence electrons. The molecule has 0 unspecified atom stereocenters. The number of hydrogen-bond acceptors (Lipinski definition) is 8. The summed E-state index contributed by atoms with van der Waals surface area (Å²) < 4.78 is 10.5. The van der Waals surface area contributed by atoms with Gasteiger partial charge in [0.25, 0.3) is 5.69 Å². The zero-order chi connectivity index (χ0) is 22.9. The Morgan fingerprint density at radius 3 is 2.66 bits per heavy atom. The van der Waals surface area contributed by atoms with Crippen LogP contribution in [0.1, 0.15) is 25.3 Å². The molecule has 0 amide bonds. The molecule has 0 spiro atoms. The Morgan fingerprint density at radius 2 is 1.94 bits per heavy atom. The fourth-order valence-corrected chi connectivity index (χ4v) is 2.79. The molecule has 0 radical (unpaired) electrons. The van der Waals surface area contributed by atoms with E-state index in [1.165, 1.54) is 12.1 Å². The average Bonchev–Trinajstić information content (AvgIpc) is 2.80. The number of esters is 1. The summed E-state index contributed by atoms with van der Waals surface area (Å²) >= 11 is 0. The number of carbonyl (C=O) groups is 1. The number of nitrogens with zero attached hydrogens (tertiary/aromatic N) is 3. The number of aryl methyl sites for hydroxylation is 1. The Kier molecular flexibility index (Phi) is 7.69. The number of ether oxygens (including phenoxy) is 2. The Labute approximate surface area is 185 Å². The van der Waals surface area contributed by atoms with Crippen LogP contribution in [0.15, 0.2) is 54.7 Å². The minimum atomic E-state index is -0.448. The van der Waals surface area contributed by atoms with Gasteiger partial charge in [-0.25, -0.2) is 14.8 Å². The summed E-state index contributed by atoms with van der Waals surface area (Å²) in [6.45, 7) is 4.12. The molecule has 0 saturated carbocycles. The van der Waals surface area contributed by atoms with Crippen molar-refractivity contribution < 1.29 is 19.2 Å². The summed E-state index contributed by atoms with van der Waals surface area (Å²) in [4.78, 5) is 30.9. The molecule has 0 aliphatic heterocycles. The molecule has 1 N–H and O–H groups in total. The Bertz CT molecular complexity index is 1090. The first-order valence-corrected chi connectivity index (χ1v) is 10.2. The number of rotatable bonds is 10. The number of anilines is 2. The number of carbonyl (C=O) groups excluding carboxylic acids is 1. The van der Waals surface area contributed by atoms with Crippen LogP contribution in [0, 0.1) is 17.0 Å². The van der Waals surface area contributed by atoms with E-state index in [-0.39, 0.29) is 12.3 Å². The number of non-ortho nitro benzene ring substituents is 1. The summed E-state index contributed by atoms with van der Waals surface area (Å²) in [5.41, 5.74) is 2.87. The van der Waals surface area contributed by atoms with Gasteiger partial charge in [-0.1, -0.05) is 19.4 Å². The Hall–Kier alpha value is -4.01. The van der Waals surface area contributed by atoms with Gasteiger partial charge in [-0.3, -0.25) is 10.1 Å². The molecule has 0 atom stereocenters. The molecule has 0 saturated heterocycles. The monoisotopic (exact) mass is 436 g/mol. The lowest BCUT2D eigenvalue weighted by Crippen LogP contribution is -2.15. The number of aromatic nitrogens is 2. The summed E-state index contributed by atoms with van der Waals surface area (Å²) in [5, 5.41) is 14.1. The predicted octanol–water partition coefficient (Wildman–Crippen LogP) is 4.83. The van der Waals surface area contributed by atoms with Crippen molar-refractivity contribution >= 4 is 23.3 Å². The van der Waals surface area contributed by atoms with Crippen molar-refractivity contribution in [1.82, 2.24) is 9.97 Å². The summed E-state index contributed by atoms with van der Waals surface area (Å²) in [7, 11) is 0. The lowest BCUT2D eigenvalue weighted by Gasteiger charge is -2.10. The second kappa shape index (κ2) is 10.9. The van der Waals surface area contributed by atoms with Gasteiger partial charge in [0.1, 0.15) is 5.75 Å². The van der Waals surface area contributed by atoms with Crippen molar-refractivity contribution in [2.24, 2.45) is 0 Å². The normalized spacial score (nSPS) is 10.4. The van der Waals surface area contributed by atoms with Crippen LogP contribution in [-0.2, 0) is 9.53 Å². The van der Waals surface area contributed by atoms with Gasteiger partial charge in [-0.05, 0) is 49.2 Å². The molecule has 0 bridgehead atoms. The van der Waals surface area contributed by atoms with Crippen LogP contribution in [0.2, 0.25) is 0 Å². The molecule has 0 fully saturated rings. The third kappa shape index (κ3) is 6.24. The Morgan fingerprint density at radius 1 is 1.16 bits per heavy atom. The number of nitrogens with one attached hydrogen (secondary N) is 1. The molecule has 0 aliphatic carbocycles. The molecule has 2 aromatic carbocycles. The number of hydrogen-bond donors (Lipinski definition) is 1. The lowest BCUT2D eigenvalue weighted by molar-refractivity contribution is -0.384. The van der Waals surface area contributed by atoms with E-state index in [4.69, 9.17) is 9.47 Å². The highest BCUT2D eigenvalue weighted by atomic mass is 16.6. The number of benzene rings is 2. The minimum Gasteiger partial charge on any atom is -0.482 e. The van der Waals surface area contributed by atoms with Gasteiger partial charge >= 0.3 is 5.97 Å². The smallest absolute Gasteiger partial charge is 0.344 e. The first kappa shape index (κ1) is 22.7. The highest BCUT2D eigenvalue weighted by Crippen LogP contribution is 2.26. The molecular formula is C23H24N4O5. The lowest BCUT2D eigenvalue weighted by atomic mass is 10.1. The van der Waals surface area contributed by atoms with E-state index < -0.39 is 10.9 Å². The maximum atomic E-state index is 11.6. The van der Waals surface area contributed by atoms with E-state index in [0.717, 1.165) is 24.0 Å². The van der Waals surface area contributed by atoms with Gasteiger partial charge < -0.3 is 14.8 Å². The summed E-state index contributed by atoms with van der Waals surface area (Å²) in [5.74, 6) is 0.465. The first-order valence-electron chi connectivity index (χ1n) is 10.2. The highest BCUT2D eigenvalue weighted by Gasteiger charge is 2.11. The van der Waals surface area contributed by atoms with Gasteiger partial charge in [-0.15, -0.1) is 0 Å². The third-order valence-electron chi connectivity index (χ3n) is 4.60. The third-order valence-corrected chi connectivity index (χ3v) is 4.60. The fraction of sp³-hybridized carbons (Fsp3) is 0.261. The zero-order valence-electron chi connectivity index (χ0n) is 17.9. The van der Waals surface area contributed by atoms with E-state index in [9.17, 15) is 14.9 Å². The van der Waals surface area contributed by atoms with Crippen LogP contribution in [0.3, 0.4) is 0 Å². The molecule has 3 rings (SSSR count). The maximum Gasteiger partial charge on any atom is 0.344 e. The molecule has 0 aliphatic rings. The largest absolute Gasteiger partial charge is 0.482 e. The number of nitro groups is 1. The maximum absolute atomic E-state index is 11.6. The summed E-state index contributed by atoms with van der Waals surface area (Å²) in [6.07, 6.45) is 3.39. The molecule has 9 heteroatoms. The van der Waals surface area contributed by atoms with Crippen molar-refractivity contribution in [2.75, 3.05) is 18.5 Å². The van der Waals surface area contributed by atoms with Crippen molar-refractivity contribution in [1.29, 1.82) is 0 Å². The fourth-order valence-electron chi connectivity index (χ4n) is 2.79. The average molecular weight is 436 g/mol. The van der Waals surface area contributed by atoms with Gasteiger partial charge in [0, 0.05) is 23.9 Å². The molecule has 1 aromatic heterocycles. The van der Waals surface area contributed by atoms with Crippen LogP contribution in [0.5, 0.6) is 5.75 Å². The van der Waals surface area contributed by atoms with E-state index in [0.29, 0.717) is 29.7 Å². The van der Waals surface area contributed by atoms with Crippen molar-refractivity contribution in [3.05, 3.63) is 70.4 Å². The quantitative estimate of drug-likeness (QED) is 0.208. The van der Waals surface area contributed by atoms with Crippen LogP contribution in [-0.4, -0.2) is 34.1 Å². The number of nitro benzene ring substituents is 1. The topological polar surface area (TPSA) is 116 Å². The van der Waals surface area contributed by atoms with Gasteiger partial charge in [0.15, 0.2) is 6.61 Å². The summed E-state index contributed by atoms with van der Waals surface area (Å²) in [6, 6.07) is 13.5. The Balaban J connectivity index is 1.66. The van der Waals surface area contributed by atoms with Crippen LogP contribution >= 0.6 is 0 Å².